The number of aryl methyl sites for hydroxylation is 3. The van der Waals surface area contributed by atoms with E-state index in [1.807, 2.05) is 12.3 Å². The Hall–Kier alpha value is -2.69. The van der Waals surface area contributed by atoms with Gasteiger partial charge in [-0.1, -0.05) is 65.2 Å². The maximum absolute atomic E-state index is 8.56. The Morgan fingerprint density at radius 1 is 0.800 bits per heavy atom. The average molecular weight is 644 g/mol. The van der Waals surface area contributed by atoms with Crippen LogP contribution in [0, 0.1) is 26.8 Å². The number of rotatable bonds is 3. The fourth-order valence-electron chi connectivity index (χ4n) is 4.30. The number of nitrogens with zero attached hydrogens (tertiary/aromatic N) is 2. The summed E-state index contributed by atoms with van der Waals surface area (Å²) in [5, 5.41) is 21.7. The Labute approximate surface area is 220 Å². The van der Waals surface area contributed by atoms with E-state index < -0.39 is 0 Å². The maximum Gasteiger partial charge on any atom is 0.0873 e. The van der Waals surface area contributed by atoms with Crippen molar-refractivity contribution in [3.8, 4) is 11.3 Å². The minimum Gasteiger partial charge on any atom is -0.393 e. The molecule has 0 spiro atoms. The zero-order valence-corrected chi connectivity index (χ0v) is 23.2. The summed E-state index contributed by atoms with van der Waals surface area (Å²) in [7, 11) is 0. The number of benzene rings is 4. The van der Waals surface area contributed by atoms with Crippen LogP contribution in [0.2, 0.25) is 0 Å². The molecule has 2 unspecified atom stereocenters. The van der Waals surface area contributed by atoms with Gasteiger partial charge in [0.2, 0.25) is 0 Å². The second-order valence-electron chi connectivity index (χ2n) is 9.27. The number of aliphatic hydroxyl groups is 2. The fraction of sp³-hybridized carbons (Fsp3) is 0.267. The first-order valence-electron chi connectivity index (χ1n) is 11.7. The molecule has 5 rings (SSSR count). The number of fused-ring (bicyclic) bond motifs is 6. The molecule has 4 nitrogen and oxygen atoms in total. The summed E-state index contributed by atoms with van der Waals surface area (Å²) in [6, 6.07) is 22.7. The summed E-state index contributed by atoms with van der Waals surface area (Å²) in [4.78, 5) is 9.86. The van der Waals surface area contributed by atoms with Gasteiger partial charge < -0.3 is 15.2 Å². The van der Waals surface area contributed by atoms with Crippen LogP contribution in [0.5, 0.6) is 0 Å². The van der Waals surface area contributed by atoms with Crippen LogP contribution < -0.4 is 0 Å². The van der Waals surface area contributed by atoms with E-state index in [2.05, 4.69) is 75.4 Å². The van der Waals surface area contributed by atoms with Crippen LogP contribution in [0.1, 0.15) is 37.0 Å². The summed E-state index contributed by atoms with van der Waals surface area (Å²) in [6.07, 6.45) is 1.60. The van der Waals surface area contributed by atoms with Crippen LogP contribution in [0.15, 0.2) is 60.8 Å². The van der Waals surface area contributed by atoms with E-state index in [-0.39, 0.29) is 32.3 Å². The second kappa shape index (κ2) is 11.4. The third-order valence-corrected chi connectivity index (χ3v) is 5.81. The van der Waals surface area contributed by atoms with Gasteiger partial charge in [0.1, 0.15) is 0 Å². The van der Waals surface area contributed by atoms with E-state index in [4.69, 9.17) is 20.2 Å². The monoisotopic (exact) mass is 644 g/mol. The molecule has 2 N–H and O–H groups in total. The Morgan fingerprint density at radius 3 is 2.14 bits per heavy atom. The zero-order chi connectivity index (χ0) is 24.4. The van der Waals surface area contributed by atoms with Gasteiger partial charge in [0.15, 0.2) is 0 Å². The molecule has 1 radical (unpaired) electrons. The summed E-state index contributed by atoms with van der Waals surface area (Å²) in [5.41, 5.74) is 7.52. The van der Waals surface area contributed by atoms with Crippen molar-refractivity contribution in [2.75, 3.05) is 0 Å². The summed E-state index contributed by atoms with van der Waals surface area (Å²) >= 11 is 0. The SMILES string of the molecule is CC(O)CC(C)O.Cc1cccc(-c2cnc3c4[c-]cc(C)cc4c4cc(C)ccc4c3n2)c1.[Ir]. The van der Waals surface area contributed by atoms with Gasteiger partial charge in [-0.3, -0.25) is 4.98 Å². The van der Waals surface area contributed by atoms with Crippen molar-refractivity contribution in [2.45, 2.75) is 53.2 Å². The predicted molar refractivity (Wildman–Crippen MR) is 141 cm³/mol. The largest absolute Gasteiger partial charge is 0.393 e. The zero-order valence-electron chi connectivity index (χ0n) is 20.8. The molecule has 5 heteroatoms. The molecule has 0 aliphatic heterocycles. The number of hydrogen-bond acceptors (Lipinski definition) is 4. The van der Waals surface area contributed by atoms with Gasteiger partial charge in [-0.15, -0.1) is 29.1 Å². The molecule has 1 heterocycles. The molecule has 4 aromatic carbocycles. The van der Waals surface area contributed by atoms with Gasteiger partial charge in [-0.05, 0) is 45.6 Å². The van der Waals surface area contributed by atoms with Crippen molar-refractivity contribution in [3.63, 3.8) is 0 Å². The van der Waals surface area contributed by atoms with E-state index in [0.29, 0.717) is 6.42 Å². The van der Waals surface area contributed by atoms with E-state index in [1.54, 1.807) is 13.8 Å². The molecule has 0 saturated carbocycles. The Bertz CT molecular complexity index is 1470. The van der Waals surface area contributed by atoms with Gasteiger partial charge in [-0.25, -0.2) is 0 Å². The molecule has 1 aromatic heterocycles. The van der Waals surface area contributed by atoms with Crippen LogP contribution in [0.4, 0.5) is 0 Å². The number of aromatic nitrogens is 2. The van der Waals surface area contributed by atoms with Crippen molar-refractivity contribution in [3.05, 3.63) is 83.6 Å². The van der Waals surface area contributed by atoms with Gasteiger partial charge in [0.25, 0.3) is 0 Å². The van der Waals surface area contributed by atoms with Gasteiger partial charge in [-0.2, -0.15) is 0 Å². The van der Waals surface area contributed by atoms with Gasteiger partial charge in [0.05, 0.1) is 23.4 Å². The minimum absolute atomic E-state index is 0. The van der Waals surface area contributed by atoms with Crippen molar-refractivity contribution >= 4 is 32.6 Å². The maximum atomic E-state index is 8.56. The Balaban J connectivity index is 0.000000378. The molecular weight excluding hydrogens is 613 g/mol. The van der Waals surface area contributed by atoms with E-state index in [9.17, 15) is 0 Å². The normalized spacial score (nSPS) is 12.7. The molecule has 35 heavy (non-hydrogen) atoms. The summed E-state index contributed by atoms with van der Waals surface area (Å²) < 4.78 is 0. The van der Waals surface area contributed by atoms with Crippen molar-refractivity contribution in [1.29, 1.82) is 0 Å². The topological polar surface area (TPSA) is 66.2 Å². The summed E-state index contributed by atoms with van der Waals surface area (Å²) in [6.45, 7) is 9.65. The smallest absolute Gasteiger partial charge is 0.0873 e. The average Bonchev–Trinajstić information content (AvgIpc) is 2.78. The number of aliphatic hydroxyl groups excluding tert-OH is 2. The first kappa shape index (κ1) is 26.9. The molecule has 5 aromatic rings. The van der Waals surface area contributed by atoms with Crippen molar-refractivity contribution < 1.29 is 30.3 Å². The number of hydrogen-bond donors (Lipinski definition) is 2. The van der Waals surface area contributed by atoms with Crippen molar-refractivity contribution in [1.82, 2.24) is 9.97 Å². The quantitative estimate of drug-likeness (QED) is 0.175. The van der Waals surface area contributed by atoms with E-state index in [1.165, 1.54) is 27.5 Å². The van der Waals surface area contributed by atoms with Gasteiger partial charge >= 0.3 is 0 Å². The molecule has 0 bridgehead atoms. The van der Waals surface area contributed by atoms with Crippen LogP contribution in [0.25, 0.3) is 43.8 Å². The Kier molecular flexibility index (Phi) is 8.74. The molecule has 0 amide bonds. The molecule has 0 saturated heterocycles. The second-order valence-corrected chi connectivity index (χ2v) is 9.27. The third-order valence-electron chi connectivity index (χ3n) is 5.81. The van der Waals surface area contributed by atoms with E-state index in [0.717, 1.165) is 33.1 Å². The molecule has 0 fully saturated rings. The van der Waals surface area contributed by atoms with E-state index >= 15 is 0 Å². The van der Waals surface area contributed by atoms with Crippen LogP contribution in [0.3, 0.4) is 0 Å². The molecule has 0 aliphatic rings. The van der Waals surface area contributed by atoms with Crippen LogP contribution >= 0.6 is 0 Å². The summed E-state index contributed by atoms with van der Waals surface area (Å²) in [5.74, 6) is 0. The predicted octanol–water partition coefficient (Wildman–Crippen LogP) is 6.46. The van der Waals surface area contributed by atoms with Crippen molar-refractivity contribution in [2.24, 2.45) is 0 Å². The molecule has 0 aliphatic carbocycles. The third kappa shape index (κ3) is 6.12. The fourth-order valence-corrected chi connectivity index (χ4v) is 4.30. The molecule has 183 valence electrons. The molecule has 2 atom stereocenters. The Morgan fingerprint density at radius 2 is 1.49 bits per heavy atom. The van der Waals surface area contributed by atoms with Crippen LogP contribution in [-0.2, 0) is 20.1 Å². The minimum atomic E-state index is -0.375. The first-order valence-corrected chi connectivity index (χ1v) is 11.7. The molecular formula is C30H31IrN2O2-. The first-order chi connectivity index (χ1) is 16.2. The van der Waals surface area contributed by atoms with Gasteiger partial charge in [0, 0.05) is 37.4 Å². The standard InChI is InChI=1S/C25H19N2.C5H12O2.Ir/c1-15-5-4-6-18(11-15)23-14-26-24-19-9-7-16(2)12-21(19)22-13-17(3)8-10-20(22)25(24)27-23;1-4(6)3-5(2)7;/h4-8,10-14H,1-3H3;4-7H,3H2,1-2H3;/q-1;;. The van der Waals surface area contributed by atoms with Crippen LogP contribution in [-0.4, -0.2) is 32.4 Å².